The number of nitrogens with one attached hydrogen (secondary N) is 1. The maximum atomic E-state index is 5.84. The van der Waals surface area contributed by atoms with Crippen LogP contribution in [-0.2, 0) is 0 Å². The Morgan fingerprint density at radius 3 is 2.67 bits per heavy atom. The number of hydrogen-bond donors (Lipinski definition) is 1. The monoisotopic (exact) mass is 206 g/mol. The maximum Gasteiger partial charge on any atom is 0.213 e. The second-order valence-corrected chi connectivity index (χ2v) is 4.17. The number of ether oxygens (including phenoxy) is 1. The molecular weight excluding hydrogens is 188 g/mol. The molecule has 1 aromatic rings. The van der Waals surface area contributed by atoms with E-state index in [2.05, 4.69) is 24.1 Å². The molecule has 1 aliphatic rings. The summed E-state index contributed by atoms with van der Waals surface area (Å²) in [6, 6.07) is 2.03. The van der Waals surface area contributed by atoms with Crippen LogP contribution >= 0.6 is 0 Å². The van der Waals surface area contributed by atoms with Crippen LogP contribution in [0, 0.1) is 13.8 Å². The van der Waals surface area contributed by atoms with E-state index in [0.29, 0.717) is 6.10 Å². The highest BCUT2D eigenvalue weighted by Gasteiger charge is 2.14. The average Bonchev–Trinajstić information content (AvgIpc) is 2.25. The van der Waals surface area contributed by atoms with E-state index in [0.717, 1.165) is 31.8 Å². The third kappa shape index (κ3) is 2.69. The van der Waals surface area contributed by atoms with E-state index in [1.807, 2.05) is 12.3 Å². The van der Waals surface area contributed by atoms with E-state index in [4.69, 9.17) is 4.74 Å². The normalized spacial score (nSPS) is 17.7. The number of pyridine rings is 1. The minimum absolute atomic E-state index is 0.334. The SMILES string of the molecule is Cc1cnc(OC2CCNCC2)cc1C. The van der Waals surface area contributed by atoms with Crippen molar-refractivity contribution >= 4 is 0 Å². The van der Waals surface area contributed by atoms with Gasteiger partial charge in [0.15, 0.2) is 0 Å². The molecular formula is C12H18N2O. The molecule has 82 valence electrons. The molecule has 0 radical (unpaired) electrons. The van der Waals surface area contributed by atoms with Crippen LogP contribution in [0.25, 0.3) is 0 Å². The lowest BCUT2D eigenvalue weighted by molar-refractivity contribution is 0.156. The molecule has 1 N–H and O–H groups in total. The number of hydrogen-bond acceptors (Lipinski definition) is 3. The van der Waals surface area contributed by atoms with Crippen LogP contribution in [0.3, 0.4) is 0 Å². The molecule has 0 atom stereocenters. The molecule has 15 heavy (non-hydrogen) atoms. The summed E-state index contributed by atoms with van der Waals surface area (Å²) < 4.78 is 5.84. The van der Waals surface area contributed by atoms with Gasteiger partial charge in [-0.2, -0.15) is 0 Å². The van der Waals surface area contributed by atoms with Gasteiger partial charge in [0.1, 0.15) is 6.10 Å². The van der Waals surface area contributed by atoms with Crippen LogP contribution in [0.15, 0.2) is 12.3 Å². The van der Waals surface area contributed by atoms with Crippen LogP contribution in [0.2, 0.25) is 0 Å². The molecule has 2 rings (SSSR count). The first-order valence-electron chi connectivity index (χ1n) is 5.56. The van der Waals surface area contributed by atoms with E-state index in [1.165, 1.54) is 11.1 Å². The van der Waals surface area contributed by atoms with Crippen molar-refractivity contribution in [2.45, 2.75) is 32.8 Å². The van der Waals surface area contributed by atoms with Crippen molar-refractivity contribution in [3.63, 3.8) is 0 Å². The lowest BCUT2D eigenvalue weighted by atomic mass is 10.1. The van der Waals surface area contributed by atoms with Gasteiger partial charge in [-0.1, -0.05) is 0 Å². The Bertz CT molecular complexity index is 332. The summed E-state index contributed by atoms with van der Waals surface area (Å²) in [6.45, 7) is 6.26. The smallest absolute Gasteiger partial charge is 0.213 e. The minimum Gasteiger partial charge on any atom is -0.474 e. The van der Waals surface area contributed by atoms with Gasteiger partial charge in [0.2, 0.25) is 5.88 Å². The fourth-order valence-corrected chi connectivity index (χ4v) is 1.75. The van der Waals surface area contributed by atoms with Gasteiger partial charge in [0, 0.05) is 12.3 Å². The zero-order chi connectivity index (χ0) is 10.7. The second-order valence-electron chi connectivity index (χ2n) is 4.17. The summed E-state index contributed by atoms with van der Waals surface area (Å²) >= 11 is 0. The van der Waals surface area contributed by atoms with Crippen LogP contribution in [0.4, 0.5) is 0 Å². The van der Waals surface area contributed by atoms with Gasteiger partial charge in [-0.05, 0) is 50.9 Å². The predicted molar refractivity (Wildman–Crippen MR) is 60.2 cm³/mol. The molecule has 0 spiro atoms. The van der Waals surface area contributed by atoms with Crippen molar-refractivity contribution in [1.29, 1.82) is 0 Å². The van der Waals surface area contributed by atoms with Gasteiger partial charge in [0.25, 0.3) is 0 Å². The number of nitrogens with zero attached hydrogens (tertiary/aromatic N) is 1. The molecule has 3 nitrogen and oxygen atoms in total. The predicted octanol–water partition coefficient (Wildman–Crippen LogP) is 1.83. The number of piperidine rings is 1. The molecule has 0 saturated carbocycles. The highest BCUT2D eigenvalue weighted by Crippen LogP contribution is 2.16. The Kier molecular flexibility index (Phi) is 3.21. The Balaban J connectivity index is 2.00. The van der Waals surface area contributed by atoms with E-state index in [-0.39, 0.29) is 0 Å². The van der Waals surface area contributed by atoms with E-state index < -0.39 is 0 Å². The van der Waals surface area contributed by atoms with E-state index in [9.17, 15) is 0 Å². The second kappa shape index (κ2) is 4.62. The minimum atomic E-state index is 0.334. The first kappa shape index (κ1) is 10.4. The number of aryl methyl sites for hydroxylation is 2. The molecule has 3 heteroatoms. The zero-order valence-electron chi connectivity index (χ0n) is 9.42. The van der Waals surface area contributed by atoms with E-state index in [1.54, 1.807) is 0 Å². The standard InChI is InChI=1S/C12H18N2O/c1-9-7-12(14-8-10(9)2)15-11-3-5-13-6-4-11/h7-8,11,13H,3-6H2,1-2H3. The highest BCUT2D eigenvalue weighted by molar-refractivity contribution is 5.26. The Labute approximate surface area is 90.9 Å². The Hall–Kier alpha value is -1.09. The summed E-state index contributed by atoms with van der Waals surface area (Å²) in [7, 11) is 0. The Morgan fingerprint density at radius 2 is 2.00 bits per heavy atom. The zero-order valence-corrected chi connectivity index (χ0v) is 9.42. The number of rotatable bonds is 2. The topological polar surface area (TPSA) is 34.1 Å². The average molecular weight is 206 g/mol. The summed E-state index contributed by atoms with van der Waals surface area (Å²) in [6.07, 6.45) is 4.37. The molecule has 2 heterocycles. The number of aromatic nitrogens is 1. The van der Waals surface area contributed by atoms with Gasteiger partial charge in [-0.3, -0.25) is 0 Å². The third-order valence-corrected chi connectivity index (χ3v) is 2.92. The summed E-state index contributed by atoms with van der Waals surface area (Å²) in [5, 5.41) is 3.32. The Morgan fingerprint density at radius 1 is 1.27 bits per heavy atom. The molecule has 1 saturated heterocycles. The molecule has 1 fully saturated rings. The lowest BCUT2D eigenvalue weighted by Gasteiger charge is -2.23. The van der Waals surface area contributed by atoms with Crippen LogP contribution in [0.5, 0.6) is 5.88 Å². The third-order valence-electron chi connectivity index (χ3n) is 2.92. The van der Waals surface area contributed by atoms with Crippen molar-refractivity contribution in [3.8, 4) is 5.88 Å². The molecule has 0 aliphatic carbocycles. The first-order chi connectivity index (χ1) is 7.25. The van der Waals surface area contributed by atoms with Crippen LogP contribution < -0.4 is 10.1 Å². The van der Waals surface area contributed by atoms with Gasteiger partial charge in [-0.15, -0.1) is 0 Å². The molecule has 0 unspecified atom stereocenters. The van der Waals surface area contributed by atoms with Gasteiger partial charge < -0.3 is 10.1 Å². The van der Waals surface area contributed by atoms with Crippen molar-refractivity contribution in [2.75, 3.05) is 13.1 Å². The van der Waals surface area contributed by atoms with Gasteiger partial charge in [0.05, 0.1) is 0 Å². The molecule has 1 aliphatic heterocycles. The maximum absolute atomic E-state index is 5.84. The fourth-order valence-electron chi connectivity index (χ4n) is 1.75. The summed E-state index contributed by atoms with van der Waals surface area (Å²) in [5.41, 5.74) is 2.46. The fraction of sp³-hybridized carbons (Fsp3) is 0.583. The first-order valence-corrected chi connectivity index (χ1v) is 5.56. The molecule has 1 aromatic heterocycles. The van der Waals surface area contributed by atoms with Crippen LogP contribution in [0.1, 0.15) is 24.0 Å². The molecule has 0 bridgehead atoms. The van der Waals surface area contributed by atoms with Gasteiger partial charge in [-0.25, -0.2) is 4.98 Å². The van der Waals surface area contributed by atoms with Crippen molar-refractivity contribution < 1.29 is 4.74 Å². The largest absolute Gasteiger partial charge is 0.474 e. The highest BCUT2D eigenvalue weighted by atomic mass is 16.5. The van der Waals surface area contributed by atoms with Gasteiger partial charge >= 0.3 is 0 Å². The van der Waals surface area contributed by atoms with Crippen molar-refractivity contribution in [1.82, 2.24) is 10.3 Å². The van der Waals surface area contributed by atoms with E-state index >= 15 is 0 Å². The summed E-state index contributed by atoms with van der Waals surface area (Å²) in [5.74, 6) is 0.769. The lowest BCUT2D eigenvalue weighted by Crippen LogP contribution is -2.34. The quantitative estimate of drug-likeness (QED) is 0.801. The van der Waals surface area contributed by atoms with Crippen molar-refractivity contribution in [3.05, 3.63) is 23.4 Å². The molecule has 0 amide bonds. The van der Waals surface area contributed by atoms with Crippen LogP contribution in [-0.4, -0.2) is 24.2 Å². The van der Waals surface area contributed by atoms with Crippen molar-refractivity contribution in [2.24, 2.45) is 0 Å². The summed E-state index contributed by atoms with van der Waals surface area (Å²) in [4.78, 5) is 4.29. The molecule has 0 aromatic carbocycles.